The maximum Gasteiger partial charge on any atom is 0.0702 e. The number of nitrogens with two attached hydrogens (primary N) is 1. The monoisotopic (exact) mass is 228 g/mol. The molecule has 2 rings (SSSR count). The van der Waals surface area contributed by atoms with E-state index in [1.807, 2.05) is 24.4 Å². The minimum Gasteiger partial charge on any atom is -0.328 e. The lowest BCUT2D eigenvalue weighted by atomic mass is 9.80. The number of fused-ring (bicyclic) bond motifs is 1. The van der Waals surface area contributed by atoms with Crippen LogP contribution in [0.5, 0.6) is 0 Å². The van der Waals surface area contributed by atoms with Crippen LogP contribution >= 0.6 is 0 Å². The summed E-state index contributed by atoms with van der Waals surface area (Å²) in [5.74, 6) is 0. The molecular formula is C15H20N2. The van der Waals surface area contributed by atoms with Crippen molar-refractivity contribution in [2.75, 3.05) is 0 Å². The van der Waals surface area contributed by atoms with E-state index in [2.05, 4.69) is 37.9 Å². The van der Waals surface area contributed by atoms with E-state index in [4.69, 9.17) is 5.73 Å². The van der Waals surface area contributed by atoms with Crippen molar-refractivity contribution in [3.05, 3.63) is 42.1 Å². The van der Waals surface area contributed by atoms with Gasteiger partial charge in [-0.3, -0.25) is 4.98 Å². The number of benzene rings is 1. The summed E-state index contributed by atoms with van der Waals surface area (Å²) < 4.78 is 0. The molecule has 2 heteroatoms. The molecule has 1 atom stereocenters. The van der Waals surface area contributed by atoms with Gasteiger partial charge < -0.3 is 5.73 Å². The molecule has 0 aliphatic heterocycles. The normalized spacial score (nSPS) is 13.9. The van der Waals surface area contributed by atoms with Gasteiger partial charge in [-0.25, -0.2) is 0 Å². The molecule has 0 bridgehead atoms. The molecule has 1 aromatic carbocycles. The van der Waals surface area contributed by atoms with E-state index in [1.165, 1.54) is 10.9 Å². The zero-order chi connectivity index (χ0) is 12.5. The van der Waals surface area contributed by atoms with Crippen molar-refractivity contribution in [1.29, 1.82) is 0 Å². The van der Waals surface area contributed by atoms with Crippen molar-refractivity contribution in [1.82, 2.24) is 4.98 Å². The largest absolute Gasteiger partial charge is 0.328 e. The third-order valence-corrected chi connectivity index (χ3v) is 3.20. The van der Waals surface area contributed by atoms with Gasteiger partial charge in [-0.15, -0.1) is 0 Å². The van der Waals surface area contributed by atoms with E-state index in [0.717, 1.165) is 11.9 Å². The van der Waals surface area contributed by atoms with Crippen LogP contribution < -0.4 is 5.73 Å². The van der Waals surface area contributed by atoms with Gasteiger partial charge in [0.25, 0.3) is 0 Å². The molecule has 90 valence electrons. The zero-order valence-electron chi connectivity index (χ0n) is 10.8. The third kappa shape index (κ3) is 2.64. The highest BCUT2D eigenvalue weighted by Crippen LogP contribution is 2.29. The van der Waals surface area contributed by atoms with Crippen LogP contribution in [0.2, 0.25) is 0 Å². The Bertz CT molecular complexity index is 515. The first-order valence-corrected chi connectivity index (χ1v) is 6.10. The topological polar surface area (TPSA) is 38.9 Å². The molecular weight excluding hydrogens is 208 g/mol. The van der Waals surface area contributed by atoms with Gasteiger partial charge >= 0.3 is 0 Å². The maximum atomic E-state index is 5.91. The quantitative estimate of drug-likeness (QED) is 0.875. The lowest BCUT2D eigenvalue weighted by Gasteiger charge is -2.27. The SMILES string of the molecule is CC(N)CC(C)(C)c1cnc2ccccc2c1. The van der Waals surface area contributed by atoms with E-state index < -0.39 is 0 Å². The average molecular weight is 228 g/mol. The molecule has 17 heavy (non-hydrogen) atoms. The summed E-state index contributed by atoms with van der Waals surface area (Å²) in [4.78, 5) is 4.51. The minimum absolute atomic E-state index is 0.0746. The summed E-state index contributed by atoms with van der Waals surface area (Å²) in [6.07, 6.45) is 2.94. The molecule has 0 saturated heterocycles. The number of hydrogen-bond donors (Lipinski definition) is 1. The predicted molar refractivity (Wildman–Crippen MR) is 73.0 cm³/mol. The maximum absolute atomic E-state index is 5.91. The van der Waals surface area contributed by atoms with E-state index in [1.54, 1.807) is 0 Å². The van der Waals surface area contributed by atoms with Gasteiger partial charge in [0.15, 0.2) is 0 Å². The molecule has 0 aliphatic rings. The standard InChI is InChI=1S/C15H20N2/c1-11(16)9-15(2,3)13-8-12-6-4-5-7-14(12)17-10-13/h4-8,10-11H,9,16H2,1-3H3. The van der Waals surface area contributed by atoms with Gasteiger partial charge in [-0.05, 0) is 36.5 Å². The zero-order valence-corrected chi connectivity index (χ0v) is 10.8. The van der Waals surface area contributed by atoms with Crippen LogP contribution in [0.1, 0.15) is 32.8 Å². The second-order valence-electron chi connectivity index (χ2n) is 5.48. The average Bonchev–Trinajstić information content (AvgIpc) is 2.26. The first-order chi connectivity index (χ1) is 7.99. The van der Waals surface area contributed by atoms with Crippen molar-refractivity contribution in [3.8, 4) is 0 Å². The molecule has 1 aromatic heterocycles. The molecule has 0 spiro atoms. The third-order valence-electron chi connectivity index (χ3n) is 3.20. The fourth-order valence-corrected chi connectivity index (χ4v) is 2.36. The summed E-state index contributed by atoms with van der Waals surface area (Å²) >= 11 is 0. The fourth-order valence-electron chi connectivity index (χ4n) is 2.36. The number of rotatable bonds is 3. The molecule has 2 N–H and O–H groups in total. The van der Waals surface area contributed by atoms with Crippen molar-refractivity contribution in [3.63, 3.8) is 0 Å². The molecule has 0 fully saturated rings. The second kappa shape index (κ2) is 4.46. The summed E-state index contributed by atoms with van der Waals surface area (Å²) in [6, 6.07) is 10.6. The Morgan fingerprint density at radius 2 is 2.00 bits per heavy atom. The molecule has 0 aliphatic carbocycles. The molecule has 0 saturated carbocycles. The highest BCUT2D eigenvalue weighted by Gasteiger charge is 2.22. The fraction of sp³-hybridized carbons (Fsp3) is 0.400. The van der Waals surface area contributed by atoms with E-state index >= 15 is 0 Å². The smallest absolute Gasteiger partial charge is 0.0702 e. The molecule has 2 nitrogen and oxygen atoms in total. The highest BCUT2D eigenvalue weighted by atomic mass is 14.7. The van der Waals surface area contributed by atoms with Gasteiger partial charge in [0.2, 0.25) is 0 Å². The van der Waals surface area contributed by atoms with E-state index in [0.29, 0.717) is 0 Å². The molecule has 0 radical (unpaired) electrons. The summed E-state index contributed by atoms with van der Waals surface area (Å²) in [5, 5.41) is 1.20. The number of para-hydroxylation sites is 1. The van der Waals surface area contributed by atoms with Crippen LogP contribution in [-0.2, 0) is 5.41 Å². The van der Waals surface area contributed by atoms with E-state index in [-0.39, 0.29) is 11.5 Å². The van der Waals surface area contributed by atoms with Gasteiger partial charge in [-0.2, -0.15) is 0 Å². The van der Waals surface area contributed by atoms with Crippen molar-refractivity contribution >= 4 is 10.9 Å². The predicted octanol–water partition coefficient (Wildman–Crippen LogP) is 3.25. The minimum atomic E-state index is 0.0746. The summed E-state index contributed by atoms with van der Waals surface area (Å²) in [6.45, 7) is 6.50. The lowest BCUT2D eigenvalue weighted by molar-refractivity contribution is 0.437. The Morgan fingerprint density at radius 3 is 2.71 bits per heavy atom. The van der Waals surface area contributed by atoms with Crippen LogP contribution in [0, 0.1) is 0 Å². The summed E-state index contributed by atoms with van der Waals surface area (Å²) in [5.41, 5.74) is 8.29. The Balaban J connectivity index is 2.42. The molecule has 1 heterocycles. The van der Waals surface area contributed by atoms with Crippen LogP contribution in [-0.4, -0.2) is 11.0 Å². The second-order valence-corrected chi connectivity index (χ2v) is 5.48. The summed E-state index contributed by atoms with van der Waals surface area (Å²) in [7, 11) is 0. The number of aromatic nitrogens is 1. The molecule has 1 unspecified atom stereocenters. The van der Waals surface area contributed by atoms with E-state index in [9.17, 15) is 0 Å². The van der Waals surface area contributed by atoms with Crippen LogP contribution in [0.3, 0.4) is 0 Å². The first-order valence-electron chi connectivity index (χ1n) is 6.10. The van der Waals surface area contributed by atoms with Crippen LogP contribution in [0.4, 0.5) is 0 Å². The van der Waals surface area contributed by atoms with Crippen molar-refractivity contribution < 1.29 is 0 Å². The first kappa shape index (κ1) is 12.1. The number of hydrogen-bond acceptors (Lipinski definition) is 2. The van der Waals surface area contributed by atoms with Crippen LogP contribution in [0.15, 0.2) is 36.5 Å². The molecule has 0 amide bonds. The lowest BCUT2D eigenvalue weighted by Crippen LogP contribution is -2.28. The Labute approximate surface area is 103 Å². The Kier molecular flexibility index (Phi) is 3.16. The number of nitrogens with zero attached hydrogens (tertiary/aromatic N) is 1. The van der Waals surface area contributed by atoms with Gasteiger partial charge in [0.1, 0.15) is 0 Å². The van der Waals surface area contributed by atoms with Crippen molar-refractivity contribution in [2.24, 2.45) is 5.73 Å². The Morgan fingerprint density at radius 1 is 1.29 bits per heavy atom. The number of pyridine rings is 1. The van der Waals surface area contributed by atoms with Crippen molar-refractivity contribution in [2.45, 2.75) is 38.6 Å². The van der Waals surface area contributed by atoms with Gasteiger partial charge in [0.05, 0.1) is 5.52 Å². The van der Waals surface area contributed by atoms with Gasteiger partial charge in [-0.1, -0.05) is 32.0 Å². The molecule has 2 aromatic rings. The van der Waals surface area contributed by atoms with Gasteiger partial charge in [0, 0.05) is 17.6 Å². The Hall–Kier alpha value is -1.41. The van der Waals surface area contributed by atoms with Crippen LogP contribution in [0.25, 0.3) is 10.9 Å². The highest BCUT2D eigenvalue weighted by molar-refractivity contribution is 5.78.